The lowest BCUT2D eigenvalue weighted by Gasteiger charge is -2.16. The smallest absolute Gasteiger partial charge is 0.270 e. The summed E-state index contributed by atoms with van der Waals surface area (Å²) >= 11 is 0. The van der Waals surface area contributed by atoms with Crippen molar-refractivity contribution in [3.05, 3.63) is 35.4 Å². The molecule has 2 N–H and O–H groups in total. The van der Waals surface area contributed by atoms with Crippen molar-refractivity contribution in [1.82, 2.24) is 0 Å². The van der Waals surface area contributed by atoms with Crippen LogP contribution in [0, 0.1) is 0 Å². The second kappa shape index (κ2) is 4.71. The predicted octanol–water partition coefficient (Wildman–Crippen LogP) is 3.25. The maximum atomic E-state index is 13.1. The number of nitrogens with two attached hydrogens (primary N) is 1. The number of rotatable bonds is 4. The zero-order valence-corrected chi connectivity index (χ0v) is 9.13. The fourth-order valence-electron chi connectivity index (χ4n) is 1.60. The Morgan fingerprint density at radius 3 is 2.53 bits per heavy atom. The van der Waals surface area contributed by atoms with Gasteiger partial charge in [0.15, 0.2) is 0 Å². The van der Waals surface area contributed by atoms with Crippen LogP contribution in [-0.2, 0) is 5.92 Å². The van der Waals surface area contributed by atoms with E-state index in [1.165, 1.54) is 6.07 Å². The van der Waals surface area contributed by atoms with Crippen LogP contribution in [0.3, 0.4) is 0 Å². The standard InChI is InChI=1S/C12H17F2N/c1-3-9(8-15)10-5-4-6-11(7-10)12(2,13)14/h4-7,9H,3,8,15H2,1-2H3. The Kier molecular flexibility index (Phi) is 3.80. The highest BCUT2D eigenvalue weighted by atomic mass is 19.3. The van der Waals surface area contributed by atoms with Crippen molar-refractivity contribution < 1.29 is 8.78 Å². The van der Waals surface area contributed by atoms with Crippen LogP contribution >= 0.6 is 0 Å². The van der Waals surface area contributed by atoms with E-state index in [1.807, 2.05) is 13.0 Å². The van der Waals surface area contributed by atoms with Crippen molar-refractivity contribution in [3.8, 4) is 0 Å². The molecule has 0 saturated heterocycles. The van der Waals surface area contributed by atoms with E-state index in [-0.39, 0.29) is 11.5 Å². The lowest BCUT2D eigenvalue weighted by Crippen LogP contribution is -2.13. The molecule has 1 aromatic rings. The number of hydrogen-bond donors (Lipinski definition) is 1. The molecule has 0 aliphatic heterocycles. The Morgan fingerprint density at radius 2 is 2.07 bits per heavy atom. The lowest BCUT2D eigenvalue weighted by molar-refractivity contribution is 0.0174. The molecule has 84 valence electrons. The van der Waals surface area contributed by atoms with Crippen LogP contribution in [0.2, 0.25) is 0 Å². The van der Waals surface area contributed by atoms with Gasteiger partial charge in [-0.25, -0.2) is 8.78 Å². The maximum Gasteiger partial charge on any atom is 0.270 e. The van der Waals surface area contributed by atoms with Crippen molar-refractivity contribution in [2.45, 2.75) is 32.1 Å². The zero-order valence-electron chi connectivity index (χ0n) is 9.13. The van der Waals surface area contributed by atoms with Crippen molar-refractivity contribution in [3.63, 3.8) is 0 Å². The van der Waals surface area contributed by atoms with Crippen molar-refractivity contribution in [1.29, 1.82) is 0 Å². The first kappa shape index (κ1) is 12.1. The second-order valence-corrected chi connectivity index (χ2v) is 3.85. The van der Waals surface area contributed by atoms with Crippen LogP contribution in [0.4, 0.5) is 8.78 Å². The molecule has 0 aromatic heterocycles. The highest BCUT2D eigenvalue weighted by molar-refractivity contribution is 5.29. The fraction of sp³-hybridized carbons (Fsp3) is 0.500. The van der Waals surface area contributed by atoms with Crippen molar-refractivity contribution in [2.24, 2.45) is 5.73 Å². The highest BCUT2D eigenvalue weighted by Gasteiger charge is 2.24. The van der Waals surface area contributed by atoms with E-state index in [0.717, 1.165) is 18.9 Å². The molecule has 1 unspecified atom stereocenters. The van der Waals surface area contributed by atoms with E-state index >= 15 is 0 Å². The SMILES string of the molecule is CCC(CN)c1cccc(C(C)(F)F)c1. The van der Waals surface area contributed by atoms with Gasteiger partial charge in [0.1, 0.15) is 0 Å². The number of hydrogen-bond acceptors (Lipinski definition) is 1. The summed E-state index contributed by atoms with van der Waals surface area (Å²) < 4.78 is 26.1. The molecule has 0 saturated carbocycles. The molecule has 0 bridgehead atoms. The van der Waals surface area contributed by atoms with Crippen molar-refractivity contribution >= 4 is 0 Å². The molecule has 0 spiro atoms. The summed E-state index contributed by atoms with van der Waals surface area (Å²) in [5.74, 6) is -2.60. The molecular weight excluding hydrogens is 196 g/mol. The number of benzene rings is 1. The van der Waals surface area contributed by atoms with Crippen LogP contribution in [0.15, 0.2) is 24.3 Å². The summed E-state index contributed by atoms with van der Waals surface area (Å²) in [4.78, 5) is 0. The zero-order chi connectivity index (χ0) is 11.5. The second-order valence-electron chi connectivity index (χ2n) is 3.85. The van der Waals surface area contributed by atoms with Gasteiger partial charge in [0.25, 0.3) is 5.92 Å². The van der Waals surface area contributed by atoms with Gasteiger partial charge in [-0.05, 0) is 30.5 Å². The van der Waals surface area contributed by atoms with Crippen LogP contribution in [0.5, 0.6) is 0 Å². The summed E-state index contributed by atoms with van der Waals surface area (Å²) in [5, 5.41) is 0. The van der Waals surface area contributed by atoms with Crippen LogP contribution in [0.1, 0.15) is 37.3 Å². The normalized spacial score (nSPS) is 13.9. The first-order valence-electron chi connectivity index (χ1n) is 5.17. The largest absolute Gasteiger partial charge is 0.330 e. The average molecular weight is 213 g/mol. The predicted molar refractivity (Wildman–Crippen MR) is 58.1 cm³/mol. The van der Waals surface area contributed by atoms with E-state index in [9.17, 15) is 8.78 Å². The van der Waals surface area contributed by atoms with E-state index in [2.05, 4.69) is 0 Å². The van der Waals surface area contributed by atoms with Gasteiger partial charge in [0.2, 0.25) is 0 Å². The van der Waals surface area contributed by atoms with E-state index < -0.39 is 5.92 Å². The Labute approximate surface area is 89.3 Å². The van der Waals surface area contributed by atoms with Gasteiger partial charge in [0.05, 0.1) is 0 Å². The Hall–Kier alpha value is -0.960. The monoisotopic (exact) mass is 213 g/mol. The molecular formula is C12H17F2N. The van der Waals surface area contributed by atoms with E-state index in [4.69, 9.17) is 5.73 Å². The highest BCUT2D eigenvalue weighted by Crippen LogP contribution is 2.29. The topological polar surface area (TPSA) is 26.0 Å². The molecule has 0 aliphatic rings. The summed E-state index contributed by atoms with van der Waals surface area (Å²) in [6.07, 6.45) is 0.870. The minimum absolute atomic E-state index is 0.0619. The fourth-order valence-corrected chi connectivity index (χ4v) is 1.60. The quantitative estimate of drug-likeness (QED) is 0.816. The van der Waals surface area contributed by atoms with Gasteiger partial charge in [0, 0.05) is 12.5 Å². The number of halogens is 2. The third-order valence-electron chi connectivity index (χ3n) is 2.64. The summed E-state index contributed by atoms with van der Waals surface area (Å²) in [5.41, 5.74) is 6.55. The molecule has 1 atom stereocenters. The molecule has 0 aliphatic carbocycles. The first-order valence-corrected chi connectivity index (χ1v) is 5.17. The summed E-state index contributed by atoms with van der Waals surface area (Å²) in [7, 11) is 0. The minimum atomic E-state index is -2.77. The molecule has 0 amide bonds. The van der Waals surface area contributed by atoms with Crippen molar-refractivity contribution in [2.75, 3.05) is 6.54 Å². The van der Waals surface area contributed by atoms with Gasteiger partial charge in [-0.3, -0.25) is 0 Å². The molecule has 0 fully saturated rings. The molecule has 0 heterocycles. The molecule has 0 radical (unpaired) electrons. The minimum Gasteiger partial charge on any atom is -0.330 e. The molecule has 1 nitrogen and oxygen atoms in total. The van der Waals surface area contributed by atoms with Crippen LogP contribution < -0.4 is 5.73 Å². The summed E-state index contributed by atoms with van der Waals surface area (Å²) in [6, 6.07) is 6.53. The molecule has 3 heteroatoms. The molecule has 1 aromatic carbocycles. The Balaban J connectivity index is 3.02. The van der Waals surface area contributed by atoms with Gasteiger partial charge in [-0.15, -0.1) is 0 Å². The average Bonchev–Trinajstić information content (AvgIpc) is 2.19. The Morgan fingerprint density at radius 1 is 1.40 bits per heavy atom. The van der Waals surface area contributed by atoms with E-state index in [1.54, 1.807) is 12.1 Å². The summed E-state index contributed by atoms with van der Waals surface area (Å²) in [6.45, 7) is 3.42. The first-order chi connectivity index (χ1) is 6.99. The van der Waals surface area contributed by atoms with Gasteiger partial charge < -0.3 is 5.73 Å². The third kappa shape index (κ3) is 2.99. The van der Waals surface area contributed by atoms with Crippen LogP contribution in [0.25, 0.3) is 0 Å². The van der Waals surface area contributed by atoms with Gasteiger partial charge >= 0.3 is 0 Å². The number of alkyl halides is 2. The third-order valence-corrected chi connectivity index (χ3v) is 2.64. The van der Waals surface area contributed by atoms with Crippen LogP contribution in [-0.4, -0.2) is 6.54 Å². The van der Waals surface area contributed by atoms with Gasteiger partial charge in [-0.1, -0.05) is 25.1 Å². The lowest BCUT2D eigenvalue weighted by atomic mass is 9.94. The molecule has 1 rings (SSSR count). The Bertz CT molecular complexity index is 314. The maximum absolute atomic E-state index is 13.1. The van der Waals surface area contributed by atoms with Gasteiger partial charge in [-0.2, -0.15) is 0 Å². The van der Waals surface area contributed by atoms with E-state index in [0.29, 0.717) is 6.54 Å². The molecule has 15 heavy (non-hydrogen) atoms.